The number of benzene rings is 3. The molecule has 3 atom stereocenters. The van der Waals surface area contributed by atoms with Gasteiger partial charge in [-0.2, -0.15) is 5.26 Å². The molecule has 384 valence electrons. The topological polar surface area (TPSA) is 152 Å². The number of carbonyl (C=O) groups excluding carboxylic acids is 5. The highest BCUT2D eigenvalue weighted by Gasteiger charge is 2.47. The number of thioether (sulfide) groups is 4. The molecule has 1 fully saturated rings. The lowest BCUT2D eigenvalue weighted by Gasteiger charge is -2.27. The van der Waals surface area contributed by atoms with E-state index >= 15 is 0 Å². The maximum atomic E-state index is 14.9. The molecule has 3 aliphatic heterocycles. The van der Waals surface area contributed by atoms with Crippen LogP contribution in [0.5, 0.6) is 11.5 Å². The highest BCUT2D eigenvalue weighted by Crippen LogP contribution is 2.69. The highest BCUT2D eigenvalue weighted by molar-refractivity contribution is 8.26. The molecule has 0 bridgehead atoms. The number of esters is 3. The molecule has 3 aliphatic rings. The van der Waals surface area contributed by atoms with E-state index in [-0.39, 0.29) is 92.2 Å². The van der Waals surface area contributed by atoms with Crippen LogP contribution in [-0.4, -0.2) is 46.3 Å². The summed E-state index contributed by atoms with van der Waals surface area (Å²) in [6, 6.07) is 15.6. The van der Waals surface area contributed by atoms with Crippen LogP contribution >= 0.6 is 47.0 Å². The summed E-state index contributed by atoms with van der Waals surface area (Å²) in [5.74, 6) is -2.85. The lowest BCUT2D eigenvalue weighted by molar-refractivity contribution is -0.149. The highest BCUT2D eigenvalue weighted by atomic mass is 32.2. The zero-order valence-corrected chi connectivity index (χ0v) is 46.5. The normalized spacial score (nSPS) is 15.5. The molecule has 17 heteroatoms. The Labute approximate surface area is 447 Å². The van der Waals surface area contributed by atoms with E-state index in [0.29, 0.717) is 42.1 Å². The second-order valence-corrected chi connectivity index (χ2v) is 25.8. The molecular weight excluding hydrogens is 999 g/mol. The maximum Gasteiger partial charge on any atom is 0.350 e. The summed E-state index contributed by atoms with van der Waals surface area (Å²) < 4.78 is 19.1. The van der Waals surface area contributed by atoms with Gasteiger partial charge in [-0.1, -0.05) is 184 Å². The average Bonchev–Trinajstić information content (AvgIpc) is 4.01. The minimum atomic E-state index is -0.787. The number of ether oxygens (including phenoxy) is 3. The first-order valence-electron chi connectivity index (χ1n) is 24.6. The van der Waals surface area contributed by atoms with Crippen molar-refractivity contribution in [2.24, 2.45) is 28.6 Å². The summed E-state index contributed by atoms with van der Waals surface area (Å²) in [7, 11) is 0. The van der Waals surface area contributed by atoms with Gasteiger partial charge in [-0.3, -0.25) is 19.2 Å². The minimum absolute atomic E-state index is 0.00847. The Morgan fingerprint density at radius 3 is 1.49 bits per heavy atom. The minimum Gasteiger partial charge on any atom is -0.461 e. The van der Waals surface area contributed by atoms with Crippen molar-refractivity contribution in [3.63, 3.8) is 0 Å². The molecule has 6 rings (SSSR count). The van der Waals surface area contributed by atoms with Crippen molar-refractivity contribution in [1.82, 2.24) is 10.0 Å². The zero-order valence-electron chi connectivity index (χ0n) is 43.3. The standard InChI is InChI=1S/C56H63N5O8S4/c1-13-15-16-35(14-2)32-67-52(66)40(29-57)53-70-46-44(68-41(62)25-33(3)27-55(5,6)7)48-49(45(47(46)71-53)69-42(63)26-34(4)28-56(8,9)10)73-54(72-48)43-50(64)60(30-36-17-21-38(58-11)22-18-36)61(51(43)65)31-37-19-23-39(59-12)24-20-37/h17-24,33-35H,13-16,25-28,30-32H2,1-10H3. The van der Waals surface area contributed by atoms with Gasteiger partial charge in [0.05, 0.1) is 60.9 Å². The summed E-state index contributed by atoms with van der Waals surface area (Å²) in [5, 5.41) is 13.3. The second kappa shape index (κ2) is 24.6. The number of nitriles is 1. The SMILES string of the molecule is [C-]#[N+]c1ccc(CN2C(=O)C(=C3Sc4c(OC(=O)CC(C)CC(C)(C)C)c5c(c(OC(=O)CC(C)CC(C)(C)C)c4S3)SC(=C(C#N)C(=O)OCC(CC)CCCC)S5)C(=O)N2Cc2ccc([N+]#[C-])cc2)cc1. The molecule has 3 aromatic carbocycles. The van der Waals surface area contributed by atoms with Crippen molar-refractivity contribution in [2.45, 2.75) is 153 Å². The van der Waals surface area contributed by atoms with Gasteiger partial charge in [-0.05, 0) is 59.0 Å². The molecule has 1 saturated heterocycles. The monoisotopic (exact) mass is 1060 g/mol. The van der Waals surface area contributed by atoms with Crippen LogP contribution in [0.2, 0.25) is 0 Å². The van der Waals surface area contributed by atoms with Crippen LogP contribution in [0.15, 0.2) is 87.7 Å². The number of rotatable bonds is 19. The van der Waals surface area contributed by atoms with Crippen molar-refractivity contribution < 1.29 is 38.2 Å². The van der Waals surface area contributed by atoms with Gasteiger partial charge in [0.1, 0.15) is 11.6 Å². The Hall–Kier alpha value is -5.64. The Kier molecular flexibility index (Phi) is 19.1. The first-order chi connectivity index (χ1) is 34.6. The summed E-state index contributed by atoms with van der Waals surface area (Å²) in [6.45, 7) is 35.6. The molecule has 0 N–H and O–H groups in total. The van der Waals surface area contributed by atoms with E-state index in [1.165, 1.54) is 10.0 Å². The van der Waals surface area contributed by atoms with Crippen LogP contribution in [0.4, 0.5) is 11.4 Å². The number of amides is 2. The second-order valence-electron chi connectivity index (χ2n) is 21.2. The van der Waals surface area contributed by atoms with Gasteiger partial charge in [0.2, 0.25) is 0 Å². The zero-order chi connectivity index (χ0) is 53.4. The van der Waals surface area contributed by atoms with Crippen molar-refractivity contribution in [3.05, 3.63) is 102 Å². The van der Waals surface area contributed by atoms with Gasteiger partial charge in [0.25, 0.3) is 11.8 Å². The van der Waals surface area contributed by atoms with Crippen LogP contribution in [-0.2, 0) is 41.8 Å². The first kappa shape index (κ1) is 56.7. The van der Waals surface area contributed by atoms with Gasteiger partial charge in [-0.25, -0.2) is 24.5 Å². The summed E-state index contributed by atoms with van der Waals surface area (Å²) in [4.78, 5) is 80.2. The molecule has 0 saturated carbocycles. The van der Waals surface area contributed by atoms with E-state index in [1.54, 1.807) is 48.5 Å². The average molecular weight is 1060 g/mol. The van der Waals surface area contributed by atoms with E-state index in [0.717, 1.165) is 85.6 Å². The largest absolute Gasteiger partial charge is 0.461 e. The number of hydrogen-bond donors (Lipinski definition) is 0. The first-order valence-corrected chi connectivity index (χ1v) is 27.8. The fourth-order valence-corrected chi connectivity index (χ4v) is 14.4. The predicted molar refractivity (Wildman–Crippen MR) is 287 cm³/mol. The van der Waals surface area contributed by atoms with Crippen LogP contribution in [0.3, 0.4) is 0 Å². The lowest BCUT2D eigenvalue weighted by Crippen LogP contribution is -2.39. The number of hydrogen-bond acceptors (Lipinski definition) is 13. The van der Waals surface area contributed by atoms with Crippen molar-refractivity contribution in [1.29, 1.82) is 5.26 Å². The van der Waals surface area contributed by atoms with Gasteiger partial charge in [0, 0.05) is 12.8 Å². The lowest BCUT2D eigenvalue weighted by atomic mass is 9.84. The van der Waals surface area contributed by atoms with E-state index in [2.05, 4.69) is 64.2 Å². The third-order valence-electron chi connectivity index (χ3n) is 12.1. The van der Waals surface area contributed by atoms with Crippen LogP contribution in [0, 0.1) is 53.1 Å². The van der Waals surface area contributed by atoms with Gasteiger partial charge >= 0.3 is 17.9 Å². The summed E-state index contributed by atoms with van der Waals surface area (Å²) in [6.07, 6.45) is 5.25. The number of hydrazine groups is 1. The van der Waals surface area contributed by atoms with Crippen molar-refractivity contribution in [3.8, 4) is 17.6 Å². The van der Waals surface area contributed by atoms with Crippen LogP contribution in [0.1, 0.15) is 132 Å². The number of nitrogens with zero attached hydrogens (tertiary/aromatic N) is 5. The molecule has 0 aromatic heterocycles. The predicted octanol–water partition coefficient (Wildman–Crippen LogP) is 14.6. The van der Waals surface area contributed by atoms with Crippen molar-refractivity contribution >= 4 is 88.1 Å². The van der Waals surface area contributed by atoms with E-state index in [4.69, 9.17) is 27.4 Å². The van der Waals surface area contributed by atoms with Gasteiger partial charge in [0.15, 0.2) is 28.4 Å². The smallest absolute Gasteiger partial charge is 0.350 e. The molecule has 2 amide bonds. The van der Waals surface area contributed by atoms with Crippen LogP contribution < -0.4 is 9.47 Å². The van der Waals surface area contributed by atoms with E-state index < -0.39 is 29.7 Å². The molecule has 3 aromatic rings. The molecule has 0 radical (unpaired) electrons. The van der Waals surface area contributed by atoms with Crippen LogP contribution in [0.25, 0.3) is 9.69 Å². The Balaban J connectivity index is 1.49. The summed E-state index contributed by atoms with van der Waals surface area (Å²) >= 11 is 4.20. The Morgan fingerprint density at radius 2 is 1.12 bits per heavy atom. The molecule has 3 heterocycles. The Bertz CT molecular complexity index is 2670. The molecular formula is C56H63N5O8S4. The number of carbonyl (C=O) groups is 5. The van der Waals surface area contributed by atoms with E-state index in [1.807, 2.05) is 20.8 Å². The van der Waals surface area contributed by atoms with Crippen molar-refractivity contribution in [2.75, 3.05) is 6.61 Å². The number of unbranched alkanes of at least 4 members (excludes halogenated alkanes) is 1. The van der Waals surface area contributed by atoms with Gasteiger partial charge < -0.3 is 14.2 Å². The van der Waals surface area contributed by atoms with E-state index in [9.17, 15) is 29.2 Å². The molecule has 73 heavy (non-hydrogen) atoms. The third kappa shape index (κ3) is 14.6. The van der Waals surface area contributed by atoms with Gasteiger partial charge in [-0.15, -0.1) is 0 Å². The number of fused-ring (bicyclic) bond motifs is 2. The molecule has 0 spiro atoms. The fraction of sp³-hybridized carbons (Fsp3) is 0.464. The fourth-order valence-electron chi connectivity index (χ4n) is 9.00. The molecule has 3 unspecified atom stereocenters. The third-order valence-corrected chi connectivity index (χ3v) is 17.3. The molecule has 0 aliphatic carbocycles. The molecule has 13 nitrogen and oxygen atoms in total. The Morgan fingerprint density at radius 1 is 0.699 bits per heavy atom. The maximum absolute atomic E-state index is 14.9. The summed E-state index contributed by atoms with van der Waals surface area (Å²) in [5.41, 5.74) is 1.66. The quantitative estimate of drug-likeness (QED) is 0.0280.